The zero-order chi connectivity index (χ0) is 17.0. The highest BCUT2D eigenvalue weighted by molar-refractivity contribution is 5.74. The maximum absolute atomic E-state index is 12.5. The zero-order valence-electron chi connectivity index (χ0n) is 15.9. The van der Waals surface area contributed by atoms with Crippen molar-refractivity contribution < 1.29 is 4.79 Å². The molecule has 2 rings (SSSR count). The molecular weight excluding hydrogens is 286 g/mol. The smallest absolute Gasteiger partial charge is 0.317 e. The van der Waals surface area contributed by atoms with Crippen molar-refractivity contribution in [2.45, 2.75) is 77.8 Å². The van der Waals surface area contributed by atoms with E-state index in [0.717, 1.165) is 44.3 Å². The van der Waals surface area contributed by atoms with Crippen LogP contribution in [0, 0.1) is 11.8 Å². The minimum Gasteiger partial charge on any atom is -0.336 e. The summed E-state index contributed by atoms with van der Waals surface area (Å²) < 4.78 is 0. The maximum atomic E-state index is 12.5. The number of amides is 2. The molecule has 0 radical (unpaired) electrons. The normalized spacial score (nSPS) is 27.7. The number of hydrogen-bond acceptors (Lipinski definition) is 2. The highest BCUT2D eigenvalue weighted by Crippen LogP contribution is 2.27. The standard InChI is InChI=1S/C19H37N3O/c1-15-11-16(2)13-22(12-15)19(3,4)14-20-18(23)21(5)17-9-7-6-8-10-17/h15-17H,6-14H2,1-5H3,(H,20,23). The van der Waals surface area contributed by atoms with Gasteiger partial charge in [0, 0.05) is 38.3 Å². The lowest BCUT2D eigenvalue weighted by Gasteiger charge is -2.45. The molecule has 2 amide bonds. The van der Waals surface area contributed by atoms with Crippen LogP contribution >= 0.6 is 0 Å². The molecule has 0 bridgehead atoms. The number of carbonyl (C=O) groups is 1. The van der Waals surface area contributed by atoms with Crippen molar-refractivity contribution in [3.05, 3.63) is 0 Å². The predicted octanol–water partition coefficient (Wildman–Crippen LogP) is 3.72. The maximum Gasteiger partial charge on any atom is 0.317 e. The fourth-order valence-electron chi connectivity index (χ4n) is 4.32. The molecule has 2 atom stereocenters. The van der Waals surface area contributed by atoms with Crippen molar-refractivity contribution >= 4 is 6.03 Å². The molecule has 1 aliphatic heterocycles. The number of likely N-dealkylation sites (tertiary alicyclic amines) is 1. The molecule has 23 heavy (non-hydrogen) atoms. The van der Waals surface area contributed by atoms with Crippen molar-refractivity contribution in [3.8, 4) is 0 Å². The molecule has 0 aromatic carbocycles. The van der Waals surface area contributed by atoms with Gasteiger partial charge in [-0.05, 0) is 44.9 Å². The molecule has 1 heterocycles. The fraction of sp³-hybridized carbons (Fsp3) is 0.947. The van der Waals surface area contributed by atoms with Gasteiger partial charge >= 0.3 is 6.03 Å². The number of rotatable bonds is 4. The highest BCUT2D eigenvalue weighted by atomic mass is 16.2. The first-order valence-electron chi connectivity index (χ1n) is 9.55. The molecule has 1 saturated carbocycles. The highest BCUT2D eigenvalue weighted by Gasteiger charge is 2.33. The Bertz CT molecular complexity index is 380. The van der Waals surface area contributed by atoms with Crippen molar-refractivity contribution in [1.29, 1.82) is 0 Å². The number of hydrogen-bond donors (Lipinski definition) is 1. The Labute approximate surface area is 143 Å². The van der Waals surface area contributed by atoms with Gasteiger partial charge in [0.15, 0.2) is 0 Å². The summed E-state index contributed by atoms with van der Waals surface area (Å²) in [5.41, 5.74) is 0.0198. The Morgan fingerprint density at radius 2 is 1.70 bits per heavy atom. The first kappa shape index (κ1) is 18.6. The van der Waals surface area contributed by atoms with Crippen LogP contribution in [0.1, 0.15) is 66.2 Å². The summed E-state index contributed by atoms with van der Waals surface area (Å²) in [7, 11) is 1.96. The van der Waals surface area contributed by atoms with E-state index >= 15 is 0 Å². The molecule has 1 aliphatic carbocycles. The second kappa shape index (κ2) is 7.87. The fourth-order valence-corrected chi connectivity index (χ4v) is 4.32. The van der Waals surface area contributed by atoms with Crippen LogP contribution in [-0.2, 0) is 0 Å². The quantitative estimate of drug-likeness (QED) is 0.856. The third kappa shape index (κ3) is 5.10. The molecule has 4 nitrogen and oxygen atoms in total. The molecule has 1 N–H and O–H groups in total. The van der Waals surface area contributed by atoms with Crippen molar-refractivity contribution in [2.24, 2.45) is 11.8 Å². The lowest BCUT2D eigenvalue weighted by atomic mass is 9.88. The van der Waals surface area contributed by atoms with Crippen molar-refractivity contribution in [3.63, 3.8) is 0 Å². The van der Waals surface area contributed by atoms with E-state index in [2.05, 4.69) is 37.9 Å². The van der Waals surface area contributed by atoms with Crippen LogP contribution in [0.25, 0.3) is 0 Å². The van der Waals surface area contributed by atoms with Gasteiger partial charge in [-0.25, -0.2) is 4.79 Å². The number of urea groups is 1. The van der Waals surface area contributed by atoms with Gasteiger partial charge in [-0.1, -0.05) is 33.1 Å². The molecule has 2 unspecified atom stereocenters. The van der Waals surface area contributed by atoms with E-state index in [0.29, 0.717) is 6.04 Å². The summed E-state index contributed by atoms with van der Waals surface area (Å²) in [5.74, 6) is 1.50. The van der Waals surface area contributed by atoms with Gasteiger partial charge < -0.3 is 10.2 Å². The third-order valence-electron chi connectivity index (χ3n) is 5.84. The van der Waals surface area contributed by atoms with Crippen LogP contribution in [0.15, 0.2) is 0 Å². The largest absolute Gasteiger partial charge is 0.336 e. The summed E-state index contributed by atoms with van der Waals surface area (Å²) in [5, 5.41) is 3.19. The van der Waals surface area contributed by atoms with Gasteiger partial charge in [-0.15, -0.1) is 0 Å². The summed E-state index contributed by atoms with van der Waals surface area (Å²) in [6.07, 6.45) is 7.49. The SMILES string of the molecule is CC1CC(C)CN(C(C)(C)CNC(=O)N(C)C2CCCCC2)C1. The Morgan fingerprint density at radius 3 is 2.26 bits per heavy atom. The van der Waals surface area contributed by atoms with Crippen LogP contribution in [0.3, 0.4) is 0 Å². The monoisotopic (exact) mass is 323 g/mol. The molecule has 1 saturated heterocycles. The van der Waals surface area contributed by atoms with Crippen LogP contribution in [0.2, 0.25) is 0 Å². The number of nitrogens with one attached hydrogen (secondary N) is 1. The Morgan fingerprint density at radius 1 is 1.13 bits per heavy atom. The topological polar surface area (TPSA) is 35.6 Å². The van der Waals surface area contributed by atoms with E-state index in [1.54, 1.807) is 0 Å². The summed E-state index contributed by atoms with van der Waals surface area (Å²) >= 11 is 0. The van der Waals surface area contributed by atoms with E-state index in [1.165, 1.54) is 25.7 Å². The van der Waals surface area contributed by atoms with E-state index in [4.69, 9.17) is 0 Å². The second-order valence-corrected chi connectivity index (χ2v) is 8.72. The molecule has 0 spiro atoms. The van der Waals surface area contributed by atoms with E-state index in [9.17, 15) is 4.79 Å². The zero-order valence-corrected chi connectivity index (χ0v) is 15.9. The first-order chi connectivity index (χ1) is 10.8. The minimum atomic E-state index is 0.0198. The van der Waals surface area contributed by atoms with Crippen LogP contribution in [-0.4, -0.2) is 54.1 Å². The summed E-state index contributed by atoms with van der Waals surface area (Å²) in [4.78, 5) is 17.0. The number of piperidine rings is 1. The number of carbonyl (C=O) groups excluding carboxylic acids is 1. The van der Waals surface area contributed by atoms with Gasteiger partial charge in [0.2, 0.25) is 0 Å². The Hall–Kier alpha value is -0.770. The van der Waals surface area contributed by atoms with Crippen LogP contribution in [0.5, 0.6) is 0 Å². The van der Waals surface area contributed by atoms with E-state index in [-0.39, 0.29) is 11.6 Å². The minimum absolute atomic E-state index is 0.0198. The second-order valence-electron chi connectivity index (χ2n) is 8.72. The first-order valence-corrected chi connectivity index (χ1v) is 9.55. The van der Waals surface area contributed by atoms with Crippen LogP contribution in [0.4, 0.5) is 4.79 Å². The van der Waals surface area contributed by atoms with Crippen molar-refractivity contribution in [1.82, 2.24) is 15.1 Å². The average Bonchev–Trinajstić information content (AvgIpc) is 2.52. The van der Waals surface area contributed by atoms with Gasteiger partial charge in [-0.2, -0.15) is 0 Å². The van der Waals surface area contributed by atoms with Gasteiger partial charge in [0.25, 0.3) is 0 Å². The predicted molar refractivity (Wildman–Crippen MR) is 96.6 cm³/mol. The van der Waals surface area contributed by atoms with Crippen molar-refractivity contribution in [2.75, 3.05) is 26.7 Å². The molecule has 0 aromatic rings. The van der Waals surface area contributed by atoms with Crippen LogP contribution < -0.4 is 5.32 Å². The molecular formula is C19H37N3O. The Balaban J connectivity index is 1.84. The number of nitrogens with zero attached hydrogens (tertiary/aromatic N) is 2. The lowest BCUT2D eigenvalue weighted by Crippen LogP contribution is -2.57. The van der Waals surface area contributed by atoms with Gasteiger partial charge in [-0.3, -0.25) is 4.90 Å². The molecule has 134 valence electrons. The summed E-state index contributed by atoms with van der Waals surface area (Å²) in [6, 6.07) is 0.532. The molecule has 2 fully saturated rings. The Kier molecular flexibility index (Phi) is 6.35. The molecule has 4 heteroatoms. The van der Waals surface area contributed by atoms with E-state index in [1.807, 2.05) is 11.9 Å². The van der Waals surface area contributed by atoms with Gasteiger partial charge in [0.1, 0.15) is 0 Å². The lowest BCUT2D eigenvalue weighted by molar-refractivity contribution is 0.0461. The van der Waals surface area contributed by atoms with Gasteiger partial charge in [0.05, 0.1) is 0 Å². The summed E-state index contributed by atoms with van der Waals surface area (Å²) in [6.45, 7) is 12.2. The molecule has 0 aromatic heterocycles. The average molecular weight is 324 g/mol. The third-order valence-corrected chi connectivity index (χ3v) is 5.84. The van der Waals surface area contributed by atoms with E-state index < -0.39 is 0 Å². The molecule has 2 aliphatic rings.